The van der Waals surface area contributed by atoms with E-state index in [-0.39, 0.29) is 0 Å². The summed E-state index contributed by atoms with van der Waals surface area (Å²) in [4.78, 5) is 0. The van der Waals surface area contributed by atoms with Crippen LogP contribution in [0.2, 0.25) is 0 Å². The highest BCUT2D eigenvalue weighted by Gasteiger charge is 1.90. The molecule has 0 heterocycles. The van der Waals surface area contributed by atoms with E-state index in [1.807, 2.05) is 12.1 Å². The summed E-state index contributed by atoms with van der Waals surface area (Å²) in [6.07, 6.45) is 0. The van der Waals surface area contributed by atoms with Gasteiger partial charge in [-0.1, -0.05) is 12.1 Å². The molecule has 0 amide bonds. The zero-order chi connectivity index (χ0) is 8.10. The fourth-order valence-corrected chi connectivity index (χ4v) is 0.833. The van der Waals surface area contributed by atoms with Gasteiger partial charge in [0.25, 0.3) is 0 Å². The highest BCUT2D eigenvalue weighted by Crippen LogP contribution is 2.12. The maximum atomic E-state index is 6.71. The van der Waals surface area contributed by atoms with Gasteiger partial charge in [0.05, 0.1) is 12.3 Å². The van der Waals surface area contributed by atoms with Crippen LogP contribution < -0.4 is 0 Å². The molecular weight excluding hydrogens is 140 g/mol. The number of hydrogen-bond acceptors (Lipinski definition) is 3. The lowest BCUT2D eigenvalue weighted by Gasteiger charge is -1.97. The van der Waals surface area contributed by atoms with Crippen LogP contribution in [0.5, 0.6) is 0 Å². The Balaban J connectivity index is 2.74. The molecule has 58 valence electrons. The van der Waals surface area contributed by atoms with Gasteiger partial charge < -0.3 is 4.74 Å². The minimum atomic E-state index is 0.609. The molecule has 0 bridgehead atoms. The van der Waals surface area contributed by atoms with Crippen LogP contribution in [0.25, 0.3) is 0 Å². The summed E-state index contributed by atoms with van der Waals surface area (Å²) >= 11 is 0. The van der Waals surface area contributed by atoms with Crippen molar-refractivity contribution in [3.8, 4) is 0 Å². The van der Waals surface area contributed by atoms with Crippen molar-refractivity contribution in [1.29, 1.82) is 5.53 Å². The maximum absolute atomic E-state index is 6.71. The minimum absolute atomic E-state index is 0.609. The van der Waals surface area contributed by atoms with Gasteiger partial charge >= 0.3 is 0 Å². The number of methoxy groups -OCH3 is 1. The zero-order valence-corrected chi connectivity index (χ0v) is 6.37. The fraction of sp³-hybridized carbons (Fsp3) is 0.250. The molecule has 0 fully saturated rings. The summed E-state index contributed by atoms with van der Waals surface area (Å²) < 4.78 is 4.92. The highest BCUT2D eigenvalue weighted by molar-refractivity contribution is 5.37. The van der Waals surface area contributed by atoms with E-state index in [2.05, 4.69) is 5.11 Å². The predicted octanol–water partition coefficient (Wildman–Crippen LogP) is 2.50. The molecule has 0 spiro atoms. The minimum Gasteiger partial charge on any atom is -0.380 e. The molecule has 1 rings (SSSR count). The van der Waals surface area contributed by atoms with Crippen LogP contribution in [0.15, 0.2) is 29.4 Å². The van der Waals surface area contributed by atoms with Crippen molar-refractivity contribution in [1.82, 2.24) is 0 Å². The van der Waals surface area contributed by atoms with Crippen molar-refractivity contribution in [2.24, 2.45) is 5.11 Å². The van der Waals surface area contributed by atoms with E-state index in [1.54, 1.807) is 19.2 Å². The number of ether oxygens (including phenoxy) is 1. The Bertz CT molecular complexity index is 230. The van der Waals surface area contributed by atoms with Crippen LogP contribution in [-0.2, 0) is 11.3 Å². The van der Waals surface area contributed by atoms with E-state index in [0.717, 1.165) is 5.56 Å². The molecule has 0 aliphatic carbocycles. The van der Waals surface area contributed by atoms with Gasteiger partial charge in [-0.05, 0) is 17.7 Å². The van der Waals surface area contributed by atoms with E-state index >= 15 is 0 Å². The first kappa shape index (κ1) is 7.88. The first-order valence-electron chi connectivity index (χ1n) is 3.32. The van der Waals surface area contributed by atoms with Crippen molar-refractivity contribution >= 4 is 5.69 Å². The number of benzene rings is 1. The second-order valence-corrected chi connectivity index (χ2v) is 2.21. The Labute approximate surface area is 65.5 Å². The summed E-state index contributed by atoms with van der Waals surface area (Å²) in [5.41, 5.74) is 8.48. The third kappa shape index (κ3) is 2.13. The lowest BCUT2D eigenvalue weighted by atomic mass is 10.2. The van der Waals surface area contributed by atoms with Gasteiger partial charge in [-0.2, -0.15) is 5.11 Å². The Morgan fingerprint density at radius 3 is 2.45 bits per heavy atom. The van der Waals surface area contributed by atoms with Gasteiger partial charge in [-0.25, -0.2) is 5.53 Å². The normalized spacial score (nSPS) is 9.55. The number of hydrogen-bond donors (Lipinski definition) is 1. The smallest absolute Gasteiger partial charge is 0.0850 e. The second-order valence-electron chi connectivity index (χ2n) is 2.21. The summed E-state index contributed by atoms with van der Waals surface area (Å²) in [7, 11) is 1.66. The first-order chi connectivity index (χ1) is 5.36. The van der Waals surface area contributed by atoms with Gasteiger partial charge in [0.1, 0.15) is 0 Å². The van der Waals surface area contributed by atoms with Crippen molar-refractivity contribution < 1.29 is 4.74 Å². The number of nitrogens with zero attached hydrogens (tertiary/aromatic N) is 1. The van der Waals surface area contributed by atoms with E-state index in [1.165, 1.54) is 0 Å². The van der Waals surface area contributed by atoms with Crippen molar-refractivity contribution in [2.45, 2.75) is 6.61 Å². The summed E-state index contributed by atoms with van der Waals surface area (Å²) in [6.45, 7) is 0.609. The average Bonchev–Trinajstić information content (AvgIpc) is 2.07. The molecule has 3 nitrogen and oxygen atoms in total. The molecule has 1 N–H and O–H groups in total. The van der Waals surface area contributed by atoms with Crippen LogP contribution in [-0.4, -0.2) is 7.11 Å². The summed E-state index contributed by atoms with van der Waals surface area (Å²) in [5, 5.41) is 3.28. The second kappa shape index (κ2) is 3.83. The van der Waals surface area contributed by atoms with Gasteiger partial charge in [0.2, 0.25) is 0 Å². The van der Waals surface area contributed by atoms with Crippen molar-refractivity contribution in [3.63, 3.8) is 0 Å². The molecule has 1 aromatic carbocycles. The molecule has 0 aliphatic heterocycles. The van der Waals surface area contributed by atoms with Crippen LogP contribution in [0.3, 0.4) is 0 Å². The molecule has 1 aromatic rings. The van der Waals surface area contributed by atoms with Gasteiger partial charge in [-0.3, -0.25) is 0 Å². The van der Waals surface area contributed by atoms with Crippen LogP contribution in [0.4, 0.5) is 5.69 Å². The Hall–Kier alpha value is -1.22. The van der Waals surface area contributed by atoms with Crippen LogP contribution >= 0.6 is 0 Å². The molecule has 11 heavy (non-hydrogen) atoms. The van der Waals surface area contributed by atoms with Crippen molar-refractivity contribution in [3.05, 3.63) is 29.8 Å². The SMILES string of the molecule is COCc1ccc(N=N)cc1. The standard InChI is InChI=1S/C8H10N2O/c1-11-6-7-2-4-8(10-9)5-3-7/h2-5,9H,6H2,1H3. The van der Waals surface area contributed by atoms with E-state index in [9.17, 15) is 0 Å². The molecule has 0 saturated carbocycles. The average molecular weight is 150 g/mol. The Kier molecular flexibility index (Phi) is 2.74. The molecule has 0 unspecified atom stereocenters. The van der Waals surface area contributed by atoms with Gasteiger partial charge in [0.15, 0.2) is 0 Å². The lowest BCUT2D eigenvalue weighted by Crippen LogP contribution is -1.84. The summed E-state index contributed by atoms with van der Waals surface area (Å²) in [5.74, 6) is 0. The van der Waals surface area contributed by atoms with Crippen LogP contribution in [0, 0.1) is 5.53 Å². The van der Waals surface area contributed by atoms with Gasteiger partial charge in [-0.15, -0.1) is 0 Å². The Morgan fingerprint density at radius 2 is 2.00 bits per heavy atom. The lowest BCUT2D eigenvalue weighted by molar-refractivity contribution is 0.185. The maximum Gasteiger partial charge on any atom is 0.0850 e. The van der Waals surface area contributed by atoms with Crippen LogP contribution in [0.1, 0.15) is 5.56 Å². The Morgan fingerprint density at radius 1 is 1.36 bits per heavy atom. The fourth-order valence-electron chi connectivity index (χ4n) is 0.833. The van der Waals surface area contributed by atoms with E-state index < -0.39 is 0 Å². The molecule has 0 aliphatic rings. The largest absolute Gasteiger partial charge is 0.380 e. The zero-order valence-electron chi connectivity index (χ0n) is 6.37. The highest BCUT2D eigenvalue weighted by atomic mass is 16.5. The van der Waals surface area contributed by atoms with Gasteiger partial charge in [0, 0.05) is 7.11 Å². The monoisotopic (exact) mass is 150 g/mol. The van der Waals surface area contributed by atoms with E-state index in [0.29, 0.717) is 12.3 Å². The third-order valence-electron chi connectivity index (χ3n) is 1.38. The first-order valence-corrected chi connectivity index (χ1v) is 3.32. The third-order valence-corrected chi connectivity index (χ3v) is 1.38. The summed E-state index contributed by atoms with van der Waals surface area (Å²) in [6, 6.07) is 7.39. The van der Waals surface area contributed by atoms with Crippen molar-refractivity contribution in [2.75, 3.05) is 7.11 Å². The molecule has 0 atom stereocenters. The predicted molar refractivity (Wildman–Crippen MR) is 42.0 cm³/mol. The number of rotatable bonds is 3. The number of nitrogens with one attached hydrogen (secondary N) is 1. The van der Waals surface area contributed by atoms with E-state index in [4.69, 9.17) is 10.3 Å². The molecule has 0 aromatic heterocycles. The topological polar surface area (TPSA) is 45.4 Å². The molecule has 3 heteroatoms. The quantitative estimate of drug-likeness (QED) is 0.661. The molecule has 0 radical (unpaired) electrons. The molecular formula is C8H10N2O. The molecule has 0 saturated heterocycles.